The number of aliphatic carboxylic acids is 1. The van der Waals surface area contributed by atoms with Crippen LogP contribution < -0.4 is 5.32 Å². The van der Waals surface area contributed by atoms with Gasteiger partial charge in [-0.15, -0.1) is 0 Å². The maximum atomic E-state index is 10.4. The van der Waals surface area contributed by atoms with Crippen molar-refractivity contribution in [2.24, 2.45) is 0 Å². The Hall–Kier alpha value is -0.610. The standard InChI is InChI=1S/C7H13NO3/c1-11-4-5-2-3-6(8-5)7(9)10/h5-6,8H,2-4H2,1H3,(H,9,10)/t5-,6+/m1/s1. The Kier molecular flexibility index (Phi) is 2.84. The fourth-order valence-corrected chi connectivity index (χ4v) is 1.35. The van der Waals surface area contributed by atoms with Gasteiger partial charge in [-0.05, 0) is 12.8 Å². The van der Waals surface area contributed by atoms with Gasteiger partial charge in [-0.1, -0.05) is 0 Å². The van der Waals surface area contributed by atoms with Crippen molar-refractivity contribution in [3.05, 3.63) is 0 Å². The molecule has 0 saturated carbocycles. The molecule has 0 bridgehead atoms. The number of hydrogen-bond donors (Lipinski definition) is 2. The first-order valence-electron chi connectivity index (χ1n) is 3.72. The number of rotatable bonds is 3. The fraction of sp³-hybridized carbons (Fsp3) is 0.857. The SMILES string of the molecule is COC[C@H]1CC[C@@H](C(=O)O)N1. The minimum atomic E-state index is -0.761. The molecule has 0 amide bonds. The lowest BCUT2D eigenvalue weighted by Gasteiger charge is -2.09. The van der Waals surface area contributed by atoms with E-state index >= 15 is 0 Å². The summed E-state index contributed by atoms with van der Waals surface area (Å²) >= 11 is 0. The number of carbonyl (C=O) groups is 1. The highest BCUT2D eigenvalue weighted by molar-refractivity contribution is 5.73. The first-order chi connectivity index (χ1) is 5.24. The first kappa shape index (κ1) is 8.49. The van der Waals surface area contributed by atoms with Gasteiger partial charge in [0.15, 0.2) is 0 Å². The van der Waals surface area contributed by atoms with Crippen molar-refractivity contribution in [1.29, 1.82) is 0 Å². The summed E-state index contributed by atoms with van der Waals surface area (Å²) < 4.78 is 4.90. The summed E-state index contributed by atoms with van der Waals surface area (Å²) in [6.45, 7) is 0.601. The molecule has 1 rings (SSSR count). The highest BCUT2D eigenvalue weighted by Gasteiger charge is 2.28. The number of hydrogen-bond acceptors (Lipinski definition) is 3. The number of carboxylic acids is 1. The monoisotopic (exact) mass is 159 g/mol. The maximum absolute atomic E-state index is 10.4. The van der Waals surface area contributed by atoms with Gasteiger partial charge < -0.3 is 9.84 Å². The maximum Gasteiger partial charge on any atom is 0.320 e. The molecule has 1 aliphatic rings. The van der Waals surface area contributed by atoms with Crippen molar-refractivity contribution in [3.63, 3.8) is 0 Å². The van der Waals surface area contributed by atoms with E-state index < -0.39 is 5.97 Å². The van der Waals surface area contributed by atoms with Gasteiger partial charge in [-0.3, -0.25) is 10.1 Å². The Morgan fingerprint density at radius 3 is 2.91 bits per heavy atom. The van der Waals surface area contributed by atoms with Crippen LogP contribution in [0.1, 0.15) is 12.8 Å². The van der Waals surface area contributed by atoms with Gasteiger partial charge in [-0.25, -0.2) is 0 Å². The van der Waals surface area contributed by atoms with Crippen LogP contribution in [-0.2, 0) is 9.53 Å². The molecule has 1 saturated heterocycles. The van der Waals surface area contributed by atoms with E-state index in [0.29, 0.717) is 13.0 Å². The van der Waals surface area contributed by atoms with E-state index in [4.69, 9.17) is 9.84 Å². The van der Waals surface area contributed by atoms with E-state index in [1.807, 2.05) is 0 Å². The van der Waals surface area contributed by atoms with E-state index in [9.17, 15) is 4.79 Å². The zero-order valence-electron chi connectivity index (χ0n) is 6.54. The second kappa shape index (κ2) is 3.69. The molecule has 0 radical (unpaired) electrons. The molecule has 1 fully saturated rings. The third kappa shape index (κ3) is 2.17. The molecule has 64 valence electrons. The molecule has 0 aromatic rings. The molecule has 1 heterocycles. The van der Waals surface area contributed by atoms with E-state index in [1.165, 1.54) is 0 Å². The van der Waals surface area contributed by atoms with Crippen LogP contribution in [0.5, 0.6) is 0 Å². The Balaban J connectivity index is 2.29. The minimum Gasteiger partial charge on any atom is -0.480 e. The van der Waals surface area contributed by atoms with Gasteiger partial charge in [0.05, 0.1) is 6.61 Å². The lowest BCUT2D eigenvalue weighted by Crippen LogP contribution is -2.37. The second-order valence-electron chi connectivity index (χ2n) is 2.79. The molecule has 0 aromatic heterocycles. The number of nitrogens with one attached hydrogen (secondary N) is 1. The van der Waals surface area contributed by atoms with Crippen molar-refractivity contribution in [1.82, 2.24) is 5.32 Å². The average Bonchev–Trinajstić information content (AvgIpc) is 2.37. The van der Waals surface area contributed by atoms with Gasteiger partial charge in [0.2, 0.25) is 0 Å². The zero-order valence-corrected chi connectivity index (χ0v) is 6.54. The molecular weight excluding hydrogens is 146 g/mol. The van der Waals surface area contributed by atoms with Crippen LogP contribution >= 0.6 is 0 Å². The van der Waals surface area contributed by atoms with Gasteiger partial charge in [0, 0.05) is 13.2 Å². The molecule has 0 aromatic carbocycles. The summed E-state index contributed by atoms with van der Waals surface area (Å²) in [6, 6.07) is -0.142. The molecule has 1 aliphatic heterocycles. The van der Waals surface area contributed by atoms with Crippen LogP contribution in [0.15, 0.2) is 0 Å². The van der Waals surface area contributed by atoms with Crippen LogP contribution in [0.2, 0.25) is 0 Å². The quantitative estimate of drug-likeness (QED) is 0.600. The molecule has 4 heteroatoms. The zero-order chi connectivity index (χ0) is 8.27. The normalized spacial score (nSPS) is 30.6. The molecule has 4 nitrogen and oxygen atoms in total. The molecule has 2 atom stereocenters. The largest absolute Gasteiger partial charge is 0.480 e. The lowest BCUT2D eigenvalue weighted by molar-refractivity contribution is -0.139. The van der Waals surface area contributed by atoms with E-state index in [1.54, 1.807) is 7.11 Å². The summed E-state index contributed by atoms with van der Waals surface area (Å²) in [7, 11) is 1.62. The molecular formula is C7H13NO3. The number of ether oxygens (including phenoxy) is 1. The molecule has 11 heavy (non-hydrogen) atoms. The van der Waals surface area contributed by atoms with E-state index in [2.05, 4.69) is 5.32 Å². The summed E-state index contributed by atoms with van der Waals surface area (Å²) in [6.07, 6.45) is 1.61. The molecule has 0 unspecified atom stereocenters. The van der Waals surface area contributed by atoms with Crippen LogP contribution in [0.3, 0.4) is 0 Å². The van der Waals surface area contributed by atoms with Crippen molar-refractivity contribution >= 4 is 5.97 Å². The smallest absolute Gasteiger partial charge is 0.320 e. The summed E-state index contributed by atoms with van der Waals surface area (Å²) in [5, 5.41) is 11.6. The third-order valence-electron chi connectivity index (χ3n) is 1.91. The third-order valence-corrected chi connectivity index (χ3v) is 1.91. The van der Waals surface area contributed by atoms with E-state index in [0.717, 1.165) is 6.42 Å². The highest BCUT2D eigenvalue weighted by Crippen LogP contribution is 2.12. The second-order valence-corrected chi connectivity index (χ2v) is 2.79. The molecule has 0 aliphatic carbocycles. The molecule has 2 N–H and O–H groups in total. The van der Waals surface area contributed by atoms with Gasteiger partial charge >= 0.3 is 5.97 Å². The van der Waals surface area contributed by atoms with Gasteiger partial charge in [0.25, 0.3) is 0 Å². The Morgan fingerprint density at radius 1 is 1.73 bits per heavy atom. The van der Waals surface area contributed by atoms with Crippen molar-refractivity contribution in [2.45, 2.75) is 24.9 Å². The summed E-state index contributed by atoms with van der Waals surface area (Å²) in [5.74, 6) is -0.761. The van der Waals surface area contributed by atoms with Crippen LogP contribution in [-0.4, -0.2) is 36.9 Å². The van der Waals surface area contributed by atoms with Crippen LogP contribution in [0, 0.1) is 0 Å². The minimum absolute atomic E-state index is 0.223. The Labute approximate surface area is 65.5 Å². The Morgan fingerprint density at radius 2 is 2.45 bits per heavy atom. The number of methoxy groups -OCH3 is 1. The lowest BCUT2D eigenvalue weighted by atomic mass is 10.2. The average molecular weight is 159 g/mol. The van der Waals surface area contributed by atoms with Gasteiger partial charge in [-0.2, -0.15) is 0 Å². The highest BCUT2D eigenvalue weighted by atomic mass is 16.5. The number of carboxylic acid groups (broad SMARTS) is 1. The Bertz CT molecular complexity index is 149. The predicted octanol–water partition coefficient (Wildman–Crippen LogP) is -0.162. The summed E-state index contributed by atoms with van der Waals surface area (Å²) in [5.41, 5.74) is 0. The topological polar surface area (TPSA) is 58.6 Å². The van der Waals surface area contributed by atoms with Crippen LogP contribution in [0.4, 0.5) is 0 Å². The first-order valence-corrected chi connectivity index (χ1v) is 3.72. The summed E-state index contributed by atoms with van der Waals surface area (Å²) in [4.78, 5) is 10.4. The van der Waals surface area contributed by atoms with Gasteiger partial charge in [0.1, 0.15) is 6.04 Å². The fourth-order valence-electron chi connectivity index (χ4n) is 1.35. The molecule has 0 spiro atoms. The van der Waals surface area contributed by atoms with E-state index in [-0.39, 0.29) is 12.1 Å². The van der Waals surface area contributed by atoms with Crippen molar-refractivity contribution < 1.29 is 14.6 Å². The van der Waals surface area contributed by atoms with Crippen molar-refractivity contribution in [2.75, 3.05) is 13.7 Å². The van der Waals surface area contributed by atoms with Crippen LogP contribution in [0.25, 0.3) is 0 Å². The van der Waals surface area contributed by atoms with Crippen molar-refractivity contribution in [3.8, 4) is 0 Å². The predicted molar refractivity (Wildman–Crippen MR) is 39.5 cm³/mol.